The zero-order chi connectivity index (χ0) is 82.5. The van der Waals surface area contributed by atoms with Gasteiger partial charge in [-0.15, -0.1) is 0 Å². The van der Waals surface area contributed by atoms with Crippen LogP contribution in [0.4, 0.5) is 0 Å². The molecule has 0 aliphatic carbocycles. The van der Waals surface area contributed by atoms with Gasteiger partial charge in [-0.05, 0) is 0 Å². The number of hydrogen-bond acceptors (Lipinski definition) is 46. The van der Waals surface area contributed by atoms with Gasteiger partial charge in [0.15, 0.2) is 56.6 Å². The van der Waals surface area contributed by atoms with Crippen molar-refractivity contribution in [3.05, 3.63) is 0 Å². The second kappa shape index (κ2) is 40.3. The highest BCUT2D eigenvalue weighted by atomic mass is 16.8. The summed E-state index contributed by atoms with van der Waals surface area (Å²) in [5.41, 5.74) is 0. The fourth-order valence-corrected chi connectivity index (χ4v) is 14.5. The van der Waals surface area contributed by atoms with E-state index in [-0.39, 0.29) is 0 Å². The van der Waals surface area contributed by atoms with Crippen LogP contribution in [0.2, 0.25) is 0 Å². The van der Waals surface area contributed by atoms with E-state index in [0.717, 1.165) is 27.7 Å². The fraction of sp³-hybridized carbons (Fsp3) is 0.935. The van der Waals surface area contributed by atoms with E-state index in [1.165, 1.54) is 0 Å². The standard InChI is InChI=1S/C62H104N4O46/c1-14(75)63-27-35(83)47(21(8-70)97-54(27)95)106-55-28(64-15(2)76)37(85)50(24(11-73)101-55)110-61-46(94)52(111-60-45(93)42(90)51(25(12-74)104-60)107-56-29(65-16(3)77)36(84)48(22(9-71)102-56)108-58-43(91)39(87)31(79)18(5-67)98-58)34(82)26(105-61)13-96-62-53(41(89)33(81)20(7-69)100-62)112-57-30(66-17(4)78)38(86)49(23(10-72)103-57)109-59-44(92)40(88)32(80)19(6-68)99-59/h18-62,67-74,79-95H,5-13H2,1-4H3,(H,63,75)(H,64,76)(H,65,77)(H,66,78)/t18-,19-,20-,21-,22-,23-,24-,25-,26-,27-,28-,29-,30-,31+,32+,33-,34-,35-,36-,37-,38-,39+,40+,41+,42-,43-,44-,45+,46+,47-,48-,49-,50-,51-,52+,53+,54-,55+,56+,57+,58+,59+,60-,61+,62+/m1/s1. The molecule has 648 valence electrons. The second-order valence-corrected chi connectivity index (χ2v) is 28.2. The van der Waals surface area contributed by atoms with Crippen LogP contribution in [0.25, 0.3) is 0 Å². The molecular weight excluding hydrogens is 1540 g/mol. The van der Waals surface area contributed by atoms with Crippen molar-refractivity contribution in [3.63, 3.8) is 0 Å². The summed E-state index contributed by atoms with van der Waals surface area (Å²) in [6.45, 7) is -5.81. The molecule has 0 saturated carbocycles. The Bertz CT molecular complexity index is 2970. The zero-order valence-corrected chi connectivity index (χ0v) is 60.1. The van der Waals surface area contributed by atoms with E-state index in [2.05, 4.69) is 21.3 Å². The fourth-order valence-electron chi connectivity index (χ4n) is 14.5. The molecule has 0 aromatic carbocycles. The molecule has 0 aromatic rings. The number of nitrogens with one attached hydrogen (secondary N) is 4. The quantitative estimate of drug-likeness (QED) is 0.0331. The molecule has 9 fully saturated rings. The maximum atomic E-state index is 12.9. The van der Waals surface area contributed by atoms with Gasteiger partial charge in [-0.25, -0.2) is 0 Å². The minimum Gasteiger partial charge on any atom is -0.394 e. The van der Waals surface area contributed by atoms with Crippen molar-refractivity contribution in [1.82, 2.24) is 21.3 Å². The molecule has 50 nitrogen and oxygen atoms in total. The number of carbonyl (C=O) groups is 4. The Kier molecular flexibility index (Phi) is 33.1. The highest BCUT2D eigenvalue weighted by molar-refractivity contribution is 5.74. The van der Waals surface area contributed by atoms with Gasteiger partial charge in [0.1, 0.15) is 219 Å². The SMILES string of the molecule is CC(=O)N[C@@H]1[C@@H](O)[C@H](O[C@@H]2O[C@H](CO)[C@@H](O[C@@H]3O[C@H](CO[C@H]4O[C@H](CO)[C@@H](O)[C@H](O)[C@@H]4O[C@@H]4O[C@H](CO)[C@@H](O[C@@H]5O[C@H](CO)[C@H](O)[C@H](O)[C@H]5O)[C@H](O)[C@H]4NC(C)=O)[C@@H](O)[C@H](O[C@H]4O[C@H](CO)[C@@H](O[C@@H]5O[C@H](CO)[C@@H](O[C@@H]6O[C@H](CO)[C@H](O)[C@H](O)[C@H]6O)[C@H](O)[C@H]5NC(C)=O)[C@H](O)[C@@H]4O)[C@@H]3O)[C@H](O)[C@H]2NC(C)=O)[C@@H](CO)O[C@H]1O. The van der Waals surface area contributed by atoms with Crippen molar-refractivity contribution < 1.29 is 227 Å². The van der Waals surface area contributed by atoms with Crippen LogP contribution < -0.4 is 21.3 Å². The topological polar surface area (TPSA) is 779 Å². The maximum Gasteiger partial charge on any atom is 0.217 e. The first kappa shape index (κ1) is 92.1. The van der Waals surface area contributed by atoms with E-state index < -0.39 is 359 Å². The summed E-state index contributed by atoms with van der Waals surface area (Å²) in [4.78, 5) is 50.6. The monoisotopic (exact) mass is 1640 g/mol. The van der Waals surface area contributed by atoms with Crippen LogP contribution in [0.15, 0.2) is 0 Å². The molecule has 0 spiro atoms. The van der Waals surface area contributed by atoms with Crippen molar-refractivity contribution in [1.29, 1.82) is 0 Å². The Balaban J connectivity index is 1.01. The average Bonchev–Trinajstić information content (AvgIpc) is 0.778. The van der Waals surface area contributed by atoms with E-state index in [1.54, 1.807) is 0 Å². The minimum atomic E-state index is -2.52. The summed E-state index contributed by atoms with van der Waals surface area (Å²) in [5, 5.41) is 286. The zero-order valence-electron chi connectivity index (χ0n) is 60.1. The summed E-state index contributed by atoms with van der Waals surface area (Å²) >= 11 is 0. The van der Waals surface area contributed by atoms with Gasteiger partial charge in [0.05, 0.1) is 59.5 Å². The molecule has 4 amide bonds. The lowest BCUT2D eigenvalue weighted by Crippen LogP contribution is -2.70. The third-order valence-corrected chi connectivity index (χ3v) is 20.4. The van der Waals surface area contributed by atoms with Crippen molar-refractivity contribution in [2.45, 2.75) is 304 Å². The van der Waals surface area contributed by atoms with Crippen LogP contribution in [-0.4, -0.2) is 487 Å². The molecular formula is C62H104N4O46. The van der Waals surface area contributed by atoms with Gasteiger partial charge < -0.3 is 229 Å². The predicted octanol–water partition coefficient (Wildman–Crippen LogP) is -20.1. The smallest absolute Gasteiger partial charge is 0.217 e. The summed E-state index contributed by atoms with van der Waals surface area (Å²) in [7, 11) is 0. The molecule has 0 unspecified atom stereocenters. The van der Waals surface area contributed by atoms with Crippen LogP contribution >= 0.6 is 0 Å². The Labute approximate surface area is 634 Å². The minimum absolute atomic E-state index is 0.781. The van der Waals surface area contributed by atoms with Gasteiger partial charge in [0.25, 0.3) is 0 Å². The largest absolute Gasteiger partial charge is 0.394 e. The third-order valence-electron chi connectivity index (χ3n) is 20.4. The normalized spacial score (nSPS) is 48.9. The van der Waals surface area contributed by atoms with Gasteiger partial charge in [-0.1, -0.05) is 0 Å². The van der Waals surface area contributed by atoms with Crippen molar-refractivity contribution in [2.75, 3.05) is 59.5 Å². The Morgan fingerprint density at radius 2 is 0.473 bits per heavy atom. The Hall–Kier alpha value is -3.80. The second-order valence-electron chi connectivity index (χ2n) is 28.2. The number of ether oxygens (including phenoxy) is 17. The molecule has 9 aliphatic rings. The molecule has 29 N–H and O–H groups in total. The van der Waals surface area contributed by atoms with Crippen molar-refractivity contribution in [2.24, 2.45) is 0 Å². The molecule has 9 heterocycles. The van der Waals surface area contributed by atoms with Crippen molar-refractivity contribution >= 4 is 23.6 Å². The van der Waals surface area contributed by atoms with Gasteiger partial charge >= 0.3 is 0 Å². The number of rotatable bonds is 29. The molecule has 50 heteroatoms. The summed E-state index contributed by atoms with van der Waals surface area (Å²) in [6.07, 6.45) is -83.9. The number of aliphatic hydroxyl groups is 25. The maximum absolute atomic E-state index is 12.9. The number of carbonyl (C=O) groups excluding carboxylic acids is 4. The lowest BCUT2D eigenvalue weighted by molar-refractivity contribution is -0.394. The van der Waals surface area contributed by atoms with E-state index in [1.807, 2.05) is 0 Å². The number of aliphatic hydroxyl groups excluding tert-OH is 25. The van der Waals surface area contributed by atoms with Crippen molar-refractivity contribution in [3.8, 4) is 0 Å². The summed E-state index contributed by atoms with van der Waals surface area (Å²) in [5.74, 6) is -3.53. The highest BCUT2D eigenvalue weighted by Gasteiger charge is 2.61. The predicted molar refractivity (Wildman–Crippen MR) is 343 cm³/mol. The molecule has 0 radical (unpaired) electrons. The summed E-state index contributed by atoms with van der Waals surface area (Å²) < 4.78 is 99.8. The summed E-state index contributed by atoms with van der Waals surface area (Å²) in [6, 6.07) is -7.26. The molecule has 9 aliphatic heterocycles. The highest BCUT2D eigenvalue weighted by Crippen LogP contribution is 2.40. The third kappa shape index (κ3) is 20.2. The first-order valence-corrected chi connectivity index (χ1v) is 35.6. The van der Waals surface area contributed by atoms with Crippen LogP contribution in [0.1, 0.15) is 27.7 Å². The first-order valence-electron chi connectivity index (χ1n) is 35.6. The van der Waals surface area contributed by atoms with Crippen LogP contribution in [0.3, 0.4) is 0 Å². The van der Waals surface area contributed by atoms with E-state index >= 15 is 0 Å². The van der Waals surface area contributed by atoms with E-state index in [0.29, 0.717) is 0 Å². The number of amides is 4. The van der Waals surface area contributed by atoms with E-state index in [9.17, 15) is 147 Å². The lowest BCUT2D eigenvalue weighted by Gasteiger charge is -2.51. The van der Waals surface area contributed by atoms with E-state index in [4.69, 9.17) is 80.5 Å². The molecule has 9 saturated heterocycles. The van der Waals surface area contributed by atoms with Crippen LogP contribution in [0.5, 0.6) is 0 Å². The van der Waals surface area contributed by atoms with Gasteiger partial charge in [-0.2, -0.15) is 0 Å². The van der Waals surface area contributed by atoms with Gasteiger partial charge in [-0.3, -0.25) is 19.2 Å². The number of hydrogen-bond donors (Lipinski definition) is 29. The van der Waals surface area contributed by atoms with Gasteiger partial charge in [0.2, 0.25) is 23.6 Å². The molecule has 0 aromatic heterocycles. The average molecular weight is 1640 g/mol. The van der Waals surface area contributed by atoms with Crippen LogP contribution in [-0.2, 0) is 99.7 Å². The Morgan fingerprint density at radius 3 is 0.830 bits per heavy atom. The molecule has 0 bridgehead atoms. The molecule has 45 atom stereocenters. The molecule has 112 heavy (non-hydrogen) atoms. The first-order chi connectivity index (χ1) is 53.0. The Morgan fingerprint density at radius 1 is 0.232 bits per heavy atom. The van der Waals surface area contributed by atoms with Crippen LogP contribution in [0, 0.1) is 0 Å². The lowest BCUT2D eigenvalue weighted by atomic mass is 9.93. The molecule has 9 rings (SSSR count). The van der Waals surface area contributed by atoms with Gasteiger partial charge in [0, 0.05) is 27.7 Å².